The quantitative estimate of drug-likeness (QED) is 0.303. The summed E-state index contributed by atoms with van der Waals surface area (Å²) in [5.74, 6) is 2.95. The van der Waals surface area contributed by atoms with Gasteiger partial charge in [0.15, 0.2) is 0 Å². The predicted molar refractivity (Wildman–Crippen MR) is 130 cm³/mol. The molecule has 1 atom stereocenters. The smallest absolute Gasteiger partial charge is 0.119 e. The number of imidazole rings is 1. The molecule has 5 aromatic rings. The van der Waals surface area contributed by atoms with Crippen molar-refractivity contribution in [2.75, 3.05) is 13.7 Å². The summed E-state index contributed by atoms with van der Waals surface area (Å²) in [7, 11) is 1.70. The minimum atomic E-state index is 0.144. The molecule has 0 bridgehead atoms. The molecule has 0 spiro atoms. The molecule has 0 radical (unpaired) electrons. The molecule has 32 heavy (non-hydrogen) atoms. The van der Waals surface area contributed by atoms with Gasteiger partial charge in [0.25, 0.3) is 0 Å². The molecule has 0 fully saturated rings. The van der Waals surface area contributed by atoms with Gasteiger partial charge in [0.2, 0.25) is 0 Å². The number of hydrogen-bond acceptors (Lipinski definition) is 3. The summed E-state index contributed by atoms with van der Waals surface area (Å²) in [5, 5.41) is 2.37. The molecule has 0 saturated heterocycles. The van der Waals surface area contributed by atoms with Crippen LogP contribution in [0.2, 0.25) is 0 Å². The second-order valence-corrected chi connectivity index (χ2v) is 7.97. The largest absolute Gasteiger partial charge is 0.497 e. The third-order valence-electron chi connectivity index (χ3n) is 5.97. The number of nitrogens with zero attached hydrogens (tertiary/aromatic N) is 2. The number of methoxy groups -OCH3 is 1. The Bertz CT molecular complexity index is 1360. The highest BCUT2D eigenvalue weighted by atomic mass is 16.5. The highest BCUT2D eigenvalue weighted by molar-refractivity contribution is 5.85. The van der Waals surface area contributed by atoms with Crippen molar-refractivity contribution in [1.29, 1.82) is 0 Å². The number of para-hydroxylation sites is 3. The van der Waals surface area contributed by atoms with Gasteiger partial charge in [-0.05, 0) is 52.7 Å². The monoisotopic (exact) mass is 422 g/mol. The van der Waals surface area contributed by atoms with Gasteiger partial charge in [0.05, 0.1) is 24.7 Å². The van der Waals surface area contributed by atoms with Crippen LogP contribution in [0.15, 0.2) is 91.0 Å². The third-order valence-corrected chi connectivity index (χ3v) is 5.97. The van der Waals surface area contributed by atoms with Gasteiger partial charge in [-0.2, -0.15) is 0 Å². The zero-order valence-corrected chi connectivity index (χ0v) is 18.4. The molecule has 0 N–H and O–H groups in total. The molecule has 0 aliphatic heterocycles. The van der Waals surface area contributed by atoms with Crippen molar-refractivity contribution in [1.82, 2.24) is 9.55 Å². The molecule has 1 heterocycles. The Morgan fingerprint density at radius 2 is 1.56 bits per heavy atom. The Hall–Kier alpha value is -3.79. The molecular weight excluding hydrogens is 396 g/mol. The Balaban J connectivity index is 1.47. The highest BCUT2D eigenvalue weighted by Crippen LogP contribution is 2.30. The molecule has 0 aliphatic rings. The topological polar surface area (TPSA) is 36.3 Å². The first kappa shape index (κ1) is 20.1. The molecule has 4 nitrogen and oxygen atoms in total. The van der Waals surface area contributed by atoms with Crippen LogP contribution in [0.4, 0.5) is 0 Å². The van der Waals surface area contributed by atoms with Crippen LogP contribution in [0, 0.1) is 0 Å². The summed E-state index contributed by atoms with van der Waals surface area (Å²) in [4.78, 5) is 5.01. The van der Waals surface area contributed by atoms with Crippen molar-refractivity contribution in [3.8, 4) is 11.5 Å². The summed E-state index contributed by atoms with van der Waals surface area (Å²) in [6, 6.07) is 31.1. The van der Waals surface area contributed by atoms with Gasteiger partial charge in [-0.25, -0.2) is 4.98 Å². The van der Waals surface area contributed by atoms with Crippen LogP contribution >= 0.6 is 0 Å². The zero-order valence-electron chi connectivity index (χ0n) is 18.4. The van der Waals surface area contributed by atoms with Crippen molar-refractivity contribution in [3.63, 3.8) is 0 Å². The van der Waals surface area contributed by atoms with E-state index in [2.05, 4.69) is 60.0 Å². The molecule has 160 valence electrons. The fourth-order valence-electron chi connectivity index (χ4n) is 4.22. The van der Waals surface area contributed by atoms with Crippen LogP contribution < -0.4 is 9.47 Å². The van der Waals surface area contributed by atoms with Crippen molar-refractivity contribution in [3.05, 3.63) is 102 Å². The van der Waals surface area contributed by atoms with Gasteiger partial charge in [-0.1, -0.05) is 61.5 Å². The van der Waals surface area contributed by atoms with E-state index in [0.717, 1.165) is 34.9 Å². The maximum absolute atomic E-state index is 5.99. The fraction of sp³-hybridized carbons (Fsp3) is 0.179. The Morgan fingerprint density at radius 3 is 2.41 bits per heavy atom. The molecule has 1 unspecified atom stereocenters. The Kier molecular flexibility index (Phi) is 5.51. The lowest BCUT2D eigenvalue weighted by Crippen LogP contribution is -2.13. The number of benzene rings is 4. The minimum Gasteiger partial charge on any atom is -0.497 e. The number of ether oxygens (including phenoxy) is 2. The first-order valence-corrected chi connectivity index (χ1v) is 10.9. The van der Waals surface area contributed by atoms with E-state index in [-0.39, 0.29) is 5.92 Å². The number of hydrogen-bond donors (Lipinski definition) is 0. The van der Waals surface area contributed by atoms with Crippen LogP contribution in [0.1, 0.15) is 24.2 Å². The van der Waals surface area contributed by atoms with Gasteiger partial charge < -0.3 is 14.0 Å². The predicted octanol–water partition coefficient (Wildman–Crippen LogP) is 6.43. The summed E-state index contributed by atoms with van der Waals surface area (Å²) in [5.41, 5.74) is 3.39. The summed E-state index contributed by atoms with van der Waals surface area (Å²) in [6.07, 6.45) is 0. The summed E-state index contributed by atoms with van der Waals surface area (Å²) in [6.45, 7) is 3.54. The molecule has 4 heteroatoms. The van der Waals surface area contributed by atoms with E-state index < -0.39 is 0 Å². The van der Waals surface area contributed by atoms with E-state index in [4.69, 9.17) is 14.5 Å². The van der Waals surface area contributed by atoms with Crippen LogP contribution in [0.25, 0.3) is 21.8 Å². The van der Waals surface area contributed by atoms with E-state index >= 15 is 0 Å². The molecule has 5 rings (SSSR count). The number of fused-ring (bicyclic) bond motifs is 2. The lowest BCUT2D eigenvalue weighted by atomic mass is 9.97. The molecule has 1 aromatic heterocycles. The van der Waals surface area contributed by atoms with Gasteiger partial charge in [-0.15, -0.1) is 0 Å². The van der Waals surface area contributed by atoms with E-state index in [1.165, 1.54) is 16.3 Å². The van der Waals surface area contributed by atoms with E-state index in [0.29, 0.717) is 6.61 Å². The van der Waals surface area contributed by atoms with Crippen LogP contribution in [0.5, 0.6) is 11.5 Å². The van der Waals surface area contributed by atoms with Crippen LogP contribution in [-0.2, 0) is 6.54 Å². The van der Waals surface area contributed by atoms with Crippen molar-refractivity contribution >= 4 is 21.8 Å². The summed E-state index contributed by atoms with van der Waals surface area (Å²) < 4.78 is 13.6. The zero-order chi connectivity index (χ0) is 21.9. The van der Waals surface area contributed by atoms with E-state index in [9.17, 15) is 0 Å². The number of rotatable bonds is 7. The van der Waals surface area contributed by atoms with Crippen molar-refractivity contribution < 1.29 is 9.47 Å². The van der Waals surface area contributed by atoms with Gasteiger partial charge in [0, 0.05) is 5.92 Å². The minimum absolute atomic E-state index is 0.144. The lowest BCUT2D eigenvalue weighted by molar-refractivity contribution is 0.298. The third kappa shape index (κ3) is 3.92. The Labute approximate surface area is 188 Å². The molecule has 0 amide bonds. The second-order valence-electron chi connectivity index (χ2n) is 7.97. The molecule has 0 saturated carbocycles. The molecular formula is C28H26N2O2. The molecule has 4 aromatic carbocycles. The average molecular weight is 423 g/mol. The van der Waals surface area contributed by atoms with E-state index in [1.54, 1.807) is 7.11 Å². The van der Waals surface area contributed by atoms with Gasteiger partial charge in [-0.3, -0.25) is 0 Å². The van der Waals surface area contributed by atoms with Crippen molar-refractivity contribution in [2.45, 2.75) is 19.4 Å². The van der Waals surface area contributed by atoms with Crippen molar-refractivity contribution in [2.24, 2.45) is 0 Å². The SMILES string of the molecule is COc1ccc2cc(C(C)c3nc4ccccc4n3CCOc3ccccc3)ccc2c1. The van der Waals surface area contributed by atoms with Crippen LogP contribution in [-0.4, -0.2) is 23.3 Å². The average Bonchev–Trinajstić information content (AvgIpc) is 3.22. The Morgan fingerprint density at radius 1 is 0.812 bits per heavy atom. The second kappa shape index (κ2) is 8.75. The standard InChI is InChI=1S/C28H26N2O2/c1-20(21-12-13-23-19-25(31-2)15-14-22(23)18-21)28-29-26-10-6-7-11-27(26)30(28)16-17-32-24-8-4-3-5-9-24/h3-15,18-20H,16-17H2,1-2H3. The van der Waals surface area contributed by atoms with Gasteiger partial charge >= 0.3 is 0 Å². The fourth-order valence-corrected chi connectivity index (χ4v) is 4.22. The normalized spacial score (nSPS) is 12.2. The summed E-state index contributed by atoms with van der Waals surface area (Å²) >= 11 is 0. The lowest BCUT2D eigenvalue weighted by Gasteiger charge is -2.16. The maximum Gasteiger partial charge on any atom is 0.119 e. The first-order valence-electron chi connectivity index (χ1n) is 10.9. The van der Waals surface area contributed by atoms with Gasteiger partial charge in [0.1, 0.15) is 23.9 Å². The first-order chi connectivity index (χ1) is 15.7. The van der Waals surface area contributed by atoms with Crippen LogP contribution in [0.3, 0.4) is 0 Å². The maximum atomic E-state index is 5.99. The molecule has 0 aliphatic carbocycles. The number of aromatic nitrogens is 2. The highest BCUT2D eigenvalue weighted by Gasteiger charge is 2.18. The van der Waals surface area contributed by atoms with E-state index in [1.807, 2.05) is 42.5 Å².